The number of aromatic nitrogens is 2. The first-order valence-corrected chi connectivity index (χ1v) is 7.43. The van der Waals surface area contributed by atoms with Gasteiger partial charge in [0.2, 0.25) is 0 Å². The largest absolute Gasteiger partial charge is 0.314 e. The van der Waals surface area contributed by atoms with Crippen LogP contribution < -0.4 is 5.32 Å². The molecule has 18 heavy (non-hydrogen) atoms. The van der Waals surface area contributed by atoms with E-state index in [9.17, 15) is 0 Å². The molecule has 3 nitrogen and oxygen atoms in total. The number of nitrogens with one attached hydrogen (secondary N) is 1. The highest BCUT2D eigenvalue weighted by atomic mass is 15.3. The van der Waals surface area contributed by atoms with E-state index in [0.29, 0.717) is 12.0 Å². The Morgan fingerprint density at radius 2 is 2.06 bits per heavy atom. The van der Waals surface area contributed by atoms with Crippen LogP contribution in [0.4, 0.5) is 0 Å². The molecule has 1 heterocycles. The van der Waals surface area contributed by atoms with Crippen molar-refractivity contribution in [3.05, 3.63) is 18.0 Å². The third kappa shape index (κ3) is 4.81. The summed E-state index contributed by atoms with van der Waals surface area (Å²) in [5.74, 6) is 0.694. The van der Waals surface area contributed by atoms with Gasteiger partial charge in [-0.05, 0) is 44.2 Å². The van der Waals surface area contributed by atoms with Gasteiger partial charge in [-0.25, -0.2) is 0 Å². The van der Waals surface area contributed by atoms with Gasteiger partial charge in [0.1, 0.15) is 0 Å². The quantitative estimate of drug-likeness (QED) is 0.730. The molecule has 0 spiro atoms. The first-order chi connectivity index (χ1) is 8.69. The molecule has 104 valence electrons. The number of rotatable bonds is 9. The van der Waals surface area contributed by atoms with Crippen molar-refractivity contribution in [2.24, 2.45) is 5.92 Å². The van der Waals surface area contributed by atoms with Gasteiger partial charge in [0.15, 0.2) is 0 Å². The first-order valence-electron chi connectivity index (χ1n) is 7.43. The zero-order valence-electron chi connectivity index (χ0n) is 12.4. The highest BCUT2D eigenvalue weighted by Crippen LogP contribution is 2.11. The summed E-state index contributed by atoms with van der Waals surface area (Å²) in [5, 5.41) is 8.04. The minimum atomic E-state index is 0.620. The summed E-state index contributed by atoms with van der Waals surface area (Å²) in [7, 11) is 0. The van der Waals surface area contributed by atoms with Crippen LogP contribution in [0.3, 0.4) is 0 Å². The number of aryl methyl sites for hydroxylation is 2. The van der Waals surface area contributed by atoms with E-state index in [1.54, 1.807) is 0 Å². The summed E-state index contributed by atoms with van der Waals surface area (Å²) in [4.78, 5) is 0. The second-order valence-corrected chi connectivity index (χ2v) is 5.39. The smallest absolute Gasteiger partial charge is 0.0492 e. The lowest BCUT2D eigenvalue weighted by molar-refractivity contribution is 0.374. The molecule has 1 rings (SSSR count). The molecule has 0 bridgehead atoms. The molecule has 0 saturated carbocycles. The summed E-state index contributed by atoms with van der Waals surface area (Å²) in [6.45, 7) is 11.2. The maximum atomic E-state index is 4.39. The predicted octanol–water partition coefficient (Wildman–Crippen LogP) is 3.25. The Hall–Kier alpha value is -0.830. The summed E-state index contributed by atoms with van der Waals surface area (Å²) in [6.07, 6.45) is 6.61. The summed E-state index contributed by atoms with van der Waals surface area (Å²) in [6, 6.07) is 2.78. The topological polar surface area (TPSA) is 29.9 Å². The van der Waals surface area contributed by atoms with Crippen LogP contribution in [0.5, 0.6) is 0 Å². The Morgan fingerprint density at radius 3 is 2.67 bits per heavy atom. The molecule has 0 aromatic carbocycles. The Balaban J connectivity index is 2.47. The molecule has 1 aromatic heterocycles. The third-order valence-electron chi connectivity index (χ3n) is 3.41. The molecule has 0 aliphatic rings. The zero-order chi connectivity index (χ0) is 13.4. The van der Waals surface area contributed by atoms with E-state index < -0.39 is 0 Å². The van der Waals surface area contributed by atoms with Crippen LogP contribution in [-0.2, 0) is 13.0 Å². The van der Waals surface area contributed by atoms with Gasteiger partial charge in [-0.1, -0.05) is 27.7 Å². The van der Waals surface area contributed by atoms with Crippen LogP contribution in [0.1, 0.15) is 52.7 Å². The van der Waals surface area contributed by atoms with Crippen molar-refractivity contribution in [3.8, 4) is 0 Å². The maximum absolute atomic E-state index is 4.39. The van der Waals surface area contributed by atoms with E-state index in [-0.39, 0.29) is 0 Å². The second-order valence-electron chi connectivity index (χ2n) is 5.39. The van der Waals surface area contributed by atoms with E-state index in [1.807, 2.05) is 6.20 Å². The number of hydrogen-bond acceptors (Lipinski definition) is 2. The number of nitrogens with zero attached hydrogens (tertiary/aromatic N) is 2. The lowest BCUT2D eigenvalue weighted by atomic mass is 9.98. The summed E-state index contributed by atoms with van der Waals surface area (Å²) < 4.78 is 2.15. The van der Waals surface area contributed by atoms with Crippen LogP contribution >= 0.6 is 0 Å². The number of hydrogen-bond donors (Lipinski definition) is 1. The lowest BCUT2D eigenvalue weighted by Gasteiger charge is -2.22. The Morgan fingerprint density at radius 1 is 1.28 bits per heavy atom. The van der Waals surface area contributed by atoms with Crippen LogP contribution in [0, 0.1) is 5.92 Å². The highest BCUT2D eigenvalue weighted by Gasteiger charge is 2.13. The van der Waals surface area contributed by atoms with Gasteiger partial charge in [0.05, 0.1) is 0 Å². The van der Waals surface area contributed by atoms with Crippen molar-refractivity contribution < 1.29 is 0 Å². The molecular formula is C15H29N3. The molecule has 0 aliphatic carbocycles. The van der Waals surface area contributed by atoms with E-state index in [4.69, 9.17) is 0 Å². The molecule has 1 aromatic rings. The average molecular weight is 251 g/mol. The van der Waals surface area contributed by atoms with Gasteiger partial charge in [-0.2, -0.15) is 5.10 Å². The van der Waals surface area contributed by atoms with E-state index in [1.165, 1.54) is 18.5 Å². The fraction of sp³-hybridized carbons (Fsp3) is 0.800. The molecule has 0 aliphatic heterocycles. The van der Waals surface area contributed by atoms with Gasteiger partial charge in [0, 0.05) is 24.5 Å². The van der Waals surface area contributed by atoms with Gasteiger partial charge in [-0.15, -0.1) is 0 Å². The van der Waals surface area contributed by atoms with E-state index >= 15 is 0 Å². The van der Waals surface area contributed by atoms with Crippen LogP contribution in [-0.4, -0.2) is 22.4 Å². The van der Waals surface area contributed by atoms with Gasteiger partial charge < -0.3 is 5.32 Å². The van der Waals surface area contributed by atoms with Crippen LogP contribution in [0.25, 0.3) is 0 Å². The molecule has 0 saturated heterocycles. The Kier molecular flexibility index (Phi) is 7.02. The average Bonchev–Trinajstić information content (AvgIpc) is 2.77. The maximum Gasteiger partial charge on any atom is 0.0492 e. The predicted molar refractivity (Wildman–Crippen MR) is 77.8 cm³/mol. The lowest BCUT2D eigenvalue weighted by Crippen LogP contribution is -2.35. The third-order valence-corrected chi connectivity index (χ3v) is 3.41. The monoisotopic (exact) mass is 251 g/mol. The molecule has 1 atom stereocenters. The van der Waals surface area contributed by atoms with Crippen LogP contribution in [0.2, 0.25) is 0 Å². The standard InChI is InChI=1S/C15H29N3/c1-5-10-16-15(13(3)4)8-7-14-9-11-17-18(14)12-6-2/h9,11,13,15-16H,5-8,10,12H2,1-4H3. The fourth-order valence-electron chi connectivity index (χ4n) is 2.29. The Bertz CT molecular complexity index is 317. The minimum Gasteiger partial charge on any atom is -0.314 e. The Labute approximate surface area is 112 Å². The molecular weight excluding hydrogens is 222 g/mol. The normalized spacial score (nSPS) is 13.2. The molecule has 3 heteroatoms. The molecule has 0 fully saturated rings. The fourth-order valence-corrected chi connectivity index (χ4v) is 2.29. The van der Waals surface area contributed by atoms with Gasteiger partial charge >= 0.3 is 0 Å². The van der Waals surface area contributed by atoms with Crippen molar-refractivity contribution in [1.82, 2.24) is 15.1 Å². The minimum absolute atomic E-state index is 0.620. The first kappa shape index (κ1) is 15.2. The van der Waals surface area contributed by atoms with Crippen molar-refractivity contribution in [2.45, 2.75) is 66.0 Å². The van der Waals surface area contributed by atoms with Crippen molar-refractivity contribution in [1.29, 1.82) is 0 Å². The van der Waals surface area contributed by atoms with Crippen molar-refractivity contribution in [3.63, 3.8) is 0 Å². The molecule has 1 N–H and O–H groups in total. The van der Waals surface area contributed by atoms with Gasteiger partial charge in [-0.3, -0.25) is 4.68 Å². The second kappa shape index (κ2) is 8.30. The molecule has 0 radical (unpaired) electrons. The molecule has 0 amide bonds. The molecule has 1 unspecified atom stereocenters. The van der Waals surface area contributed by atoms with Crippen LogP contribution in [0.15, 0.2) is 12.3 Å². The highest BCUT2D eigenvalue weighted by molar-refractivity contribution is 5.01. The van der Waals surface area contributed by atoms with E-state index in [0.717, 1.165) is 25.9 Å². The van der Waals surface area contributed by atoms with Gasteiger partial charge in [0.25, 0.3) is 0 Å². The SMILES string of the molecule is CCCNC(CCc1ccnn1CCC)C(C)C. The summed E-state index contributed by atoms with van der Waals surface area (Å²) in [5.41, 5.74) is 1.38. The van der Waals surface area contributed by atoms with Crippen molar-refractivity contribution in [2.75, 3.05) is 6.54 Å². The zero-order valence-corrected chi connectivity index (χ0v) is 12.4. The van der Waals surface area contributed by atoms with Crippen molar-refractivity contribution >= 4 is 0 Å². The summed E-state index contributed by atoms with van der Waals surface area (Å²) >= 11 is 0. The van der Waals surface area contributed by atoms with E-state index in [2.05, 4.69) is 48.9 Å².